The molecule has 122 valence electrons. The number of hydrogen-bond acceptors (Lipinski definition) is 2. The minimum atomic E-state index is -0.961. The van der Waals surface area contributed by atoms with Crippen molar-refractivity contribution in [2.75, 3.05) is 13.1 Å². The molecule has 0 spiro atoms. The summed E-state index contributed by atoms with van der Waals surface area (Å²) < 4.78 is 14.8. The van der Waals surface area contributed by atoms with Crippen LogP contribution in [0.2, 0.25) is 10.0 Å². The van der Waals surface area contributed by atoms with Gasteiger partial charge >= 0.3 is 0 Å². The SMILES string of the molecule is O=C(c1nc2ccccc2n1-c1ccc(Cl)c(Cl)c1)N1CC(F)C1. The van der Waals surface area contributed by atoms with E-state index in [4.69, 9.17) is 23.2 Å². The molecule has 1 aliphatic heterocycles. The minimum Gasteiger partial charge on any atom is -0.330 e. The molecule has 4 rings (SSSR count). The highest BCUT2D eigenvalue weighted by Gasteiger charge is 2.34. The fourth-order valence-corrected chi connectivity index (χ4v) is 3.08. The molecule has 1 fully saturated rings. The van der Waals surface area contributed by atoms with E-state index in [9.17, 15) is 9.18 Å². The molecule has 0 aliphatic carbocycles. The summed E-state index contributed by atoms with van der Waals surface area (Å²) in [7, 11) is 0. The molecule has 0 N–H and O–H groups in total. The molecule has 1 amide bonds. The molecular formula is C17H12Cl2FN3O. The molecule has 2 aromatic carbocycles. The van der Waals surface area contributed by atoms with Crippen LogP contribution in [0.5, 0.6) is 0 Å². The number of alkyl halides is 1. The van der Waals surface area contributed by atoms with Crippen LogP contribution in [-0.2, 0) is 0 Å². The number of nitrogens with zero attached hydrogens (tertiary/aromatic N) is 3. The van der Waals surface area contributed by atoms with Crippen molar-refractivity contribution in [3.63, 3.8) is 0 Å². The molecule has 0 saturated carbocycles. The van der Waals surface area contributed by atoms with Crippen molar-refractivity contribution in [1.29, 1.82) is 0 Å². The molecular weight excluding hydrogens is 352 g/mol. The van der Waals surface area contributed by atoms with Gasteiger partial charge in [0.1, 0.15) is 6.17 Å². The predicted molar refractivity (Wildman–Crippen MR) is 91.9 cm³/mol. The predicted octanol–water partition coefficient (Wildman–Crippen LogP) is 4.13. The zero-order valence-corrected chi connectivity index (χ0v) is 13.9. The van der Waals surface area contributed by atoms with Gasteiger partial charge in [0.15, 0.2) is 0 Å². The Morgan fingerprint density at radius 1 is 1.12 bits per heavy atom. The Morgan fingerprint density at radius 2 is 1.88 bits per heavy atom. The van der Waals surface area contributed by atoms with Crippen molar-refractivity contribution in [2.24, 2.45) is 0 Å². The Balaban J connectivity index is 1.90. The third-order valence-electron chi connectivity index (χ3n) is 4.04. The number of fused-ring (bicyclic) bond motifs is 1. The third kappa shape index (κ3) is 2.44. The van der Waals surface area contributed by atoms with E-state index in [0.29, 0.717) is 21.2 Å². The van der Waals surface area contributed by atoms with Gasteiger partial charge in [-0.25, -0.2) is 9.37 Å². The molecule has 0 bridgehead atoms. The lowest BCUT2D eigenvalue weighted by Crippen LogP contribution is -2.52. The fourth-order valence-electron chi connectivity index (χ4n) is 2.79. The van der Waals surface area contributed by atoms with E-state index in [0.717, 1.165) is 5.52 Å². The van der Waals surface area contributed by atoms with Crippen LogP contribution in [-0.4, -0.2) is 39.6 Å². The van der Waals surface area contributed by atoms with Crippen LogP contribution >= 0.6 is 23.2 Å². The van der Waals surface area contributed by atoms with Crippen molar-refractivity contribution >= 4 is 40.1 Å². The quantitative estimate of drug-likeness (QED) is 0.686. The highest BCUT2D eigenvalue weighted by Crippen LogP contribution is 2.29. The number of halogens is 3. The topological polar surface area (TPSA) is 38.1 Å². The number of carbonyl (C=O) groups is 1. The Bertz CT molecular complexity index is 950. The van der Waals surface area contributed by atoms with Crippen LogP contribution in [0.4, 0.5) is 4.39 Å². The highest BCUT2D eigenvalue weighted by atomic mass is 35.5. The van der Waals surface area contributed by atoms with Crippen molar-refractivity contribution in [3.8, 4) is 5.69 Å². The fraction of sp³-hybridized carbons (Fsp3) is 0.176. The van der Waals surface area contributed by atoms with E-state index in [1.165, 1.54) is 4.90 Å². The van der Waals surface area contributed by atoms with Crippen LogP contribution < -0.4 is 0 Å². The smallest absolute Gasteiger partial charge is 0.290 e. The van der Waals surface area contributed by atoms with Gasteiger partial charge in [0, 0.05) is 5.69 Å². The standard InChI is InChI=1S/C17H12Cl2FN3O/c18-12-6-5-11(7-13(12)19)23-15-4-2-1-3-14(15)21-16(23)17(24)22-8-10(20)9-22/h1-7,10H,8-9H2. The second-order valence-corrected chi connectivity index (χ2v) is 6.48. The largest absolute Gasteiger partial charge is 0.330 e. The van der Waals surface area contributed by atoms with Gasteiger partial charge in [0.2, 0.25) is 5.82 Å². The number of hydrogen-bond donors (Lipinski definition) is 0. The maximum absolute atomic E-state index is 13.1. The zero-order valence-electron chi connectivity index (χ0n) is 12.4. The van der Waals surface area contributed by atoms with Crippen LogP contribution in [0, 0.1) is 0 Å². The lowest BCUT2D eigenvalue weighted by Gasteiger charge is -2.33. The Kier molecular flexibility index (Phi) is 3.70. The van der Waals surface area contributed by atoms with Gasteiger partial charge in [-0.05, 0) is 30.3 Å². The summed E-state index contributed by atoms with van der Waals surface area (Å²) in [6.45, 7) is 0.201. The number of amides is 1. The lowest BCUT2D eigenvalue weighted by atomic mass is 10.2. The molecule has 24 heavy (non-hydrogen) atoms. The van der Waals surface area contributed by atoms with Crippen LogP contribution in [0.15, 0.2) is 42.5 Å². The molecule has 0 unspecified atom stereocenters. The maximum Gasteiger partial charge on any atom is 0.290 e. The molecule has 1 aromatic heterocycles. The Morgan fingerprint density at radius 3 is 2.58 bits per heavy atom. The average molecular weight is 364 g/mol. The van der Waals surface area contributed by atoms with Gasteiger partial charge < -0.3 is 4.90 Å². The number of likely N-dealkylation sites (tertiary alicyclic amines) is 1. The summed E-state index contributed by atoms with van der Waals surface area (Å²) in [5.41, 5.74) is 2.14. The number of aromatic nitrogens is 2. The summed E-state index contributed by atoms with van der Waals surface area (Å²) in [6.07, 6.45) is -0.961. The second-order valence-electron chi connectivity index (χ2n) is 5.67. The first-order chi connectivity index (χ1) is 11.5. The third-order valence-corrected chi connectivity index (χ3v) is 4.78. The van der Waals surface area contributed by atoms with Crippen molar-refractivity contribution in [3.05, 3.63) is 58.3 Å². The van der Waals surface area contributed by atoms with E-state index in [1.54, 1.807) is 22.8 Å². The summed E-state index contributed by atoms with van der Waals surface area (Å²) in [4.78, 5) is 18.6. The number of para-hydroxylation sites is 2. The molecule has 2 heterocycles. The minimum absolute atomic E-state index is 0.101. The van der Waals surface area contributed by atoms with Gasteiger partial charge in [-0.1, -0.05) is 35.3 Å². The van der Waals surface area contributed by atoms with Crippen LogP contribution in [0.3, 0.4) is 0 Å². The normalized spacial score (nSPS) is 14.9. The summed E-state index contributed by atoms with van der Waals surface area (Å²) in [5.74, 6) is -0.0624. The molecule has 3 aromatic rings. The first kappa shape index (κ1) is 15.4. The van der Waals surface area contributed by atoms with E-state index in [2.05, 4.69) is 4.98 Å². The summed E-state index contributed by atoms with van der Waals surface area (Å²) in [6, 6.07) is 12.5. The van der Waals surface area contributed by atoms with Crippen molar-refractivity contribution in [1.82, 2.24) is 14.5 Å². The average Bonchev–Trinajstić information content (AvgIpc) is 2.93. The first-order valence-electron chi connectivity index (χ1n) is 7.41. The number of rotatable bonds is 2. The van der Waals surface area contributed by atoms with Gasteiger partial charge in [0.05, 0.1) is 34.2 Å². The molecule has 0 radical (unpaired) electrons. The highest BCUT2D eigenvalue weighted by molar-refractivity contribution is 6.42. The Hall–Kier alpha value is -2.11. The second kappa shape index (κ2) is 5.76. The zero-order chi connectivity index (χ0) is 16.8. The van der Waals surface area contributed by atoms with E-state index in [-0.39, 0.29) is 24.8 Å². The lowest BCUT2D eigenvalue weighted by molar-refractivity contribution is 0.0387. The first-order valence-corrected chi connectivity index (χ1v) is 8.16. The van der Waals surface area contributed by atoms with Gasteiger partial charge in [-0.2, -0.15) is 0 Å². The monoisotopic (exact) mass is 363 g/mol. The van der Waals surface area contributed by atoms with Crippen LogP contribution in [0.1, 0.15) is 10.6 Å². The summed E-state index contributed by atoms with van der Waals surface area (Å²) >= 11 is 12.1. The number of benzene rings is 2. The van der Waals surface area contributed by atoms with Crippen molar-refractivity contribution in [2.45, 2.75) is 6.17 Å². The van der Waals surface area contributed by atoms with E-state index < -0.39 is 6.17 Å². The number of imidazole rings is 1. The molecule has 7 heteroatoms. The molecule has 1 saturated heterocycles. The van der Waals surface area contributed by atoms with Crippen LogP contribution in [0.25, 0.3) is 16.7 Å². The van der Waals surface area contributed by atoms with Gasteiger partial charge in [-0.15, -0.1) is 0 Å². The summed E-state index contributed by atoms with van der Waals surface area (Å²) in [5, 5.41) is 0.818. The molecule has 1 aliphatic rings. The van der Waals surface area contributed by atoms with Gasteiger partial charge in [-0.3, -0.25) is 9.36 Å². The Labute approximate surface area is 147 Å². The molecule has 0 atom stereocenters. The maximum atomic E-state index is 13.1. The van der Waals surface area contributed by atoms with Crippen molar-refractivity contribution < 1.29 is 9.18 Å². The van der Waals surface area contributed by atoms with E-state index >= 15 is 0 Å². The number of carbonyl (C=O) groups excluding carboxylic acids is 1. The molecule has 4 nitrogen and oxygen atoms in total. The van der Waals surface area contributed by atoms with E-state index in [1.807, 2.05) is 24.3 Å². The van der Waals surface area contributed by atoms with Gasteiger partial charge in [0.25, 0.3) is 5.91 Å².